The van der Waals surface area contributed by atoms with E-state index in [1.165, 1.54) is 12.8 Å². The van der Waals surface area contributed by atoms with Gasteiger partial charge < -0.3 is 9.47 Å². The molecule has 0 unspecified atom stereocenters. The molecule has 0 radical (unpaired) electrons. The van der Waals surface area contributed by atoms with E-state index in [9.17, 15) is 4.79 Å². The number of carbonyl (C=O) groups is 1. The third kappa shape index (κ3) is 3.18. The lowest BCUT2D eigenvalue weighted by molar-refractivity contribution is 0.0728. The van der Waals surface area contributed by atoms with E-state index in [-0.39, 0.29) is 5.97 Å². The zero-order valence-corrected chi connectivity index (χ0v) is 11.1. The number of rotatable bonds is 5. The maximum atomic E-state index is 12.0. The van der Waals surface area contributed by atoms with Gasteiger partial charge in [0, 0.05) is 0 Å². The second kappa shape index (κ2) is 5.78. The van der Waals surface area contributed by atoms with E-state index in [0.29, 0.717) is 29.6 Å². The van der Waals surface area contributed by atoms with Gasteiger partial charge in [0.25, 0.3) is 0 Å². The summed E-state index contributed by atoms with van der Waals surface area (Å²) in [6.07, 6.45) is 2.46. The second-order valence-corrected chi connectivity index (χ2v) is 4.96. The predicted molar refractivity (Wildman–Crippen MR) is 76.1 cm³/mol. The van der Waals surface area contributed by atoms with Crippen molar-refractivity contribution in [3.63, 3.8) is 0 Å². The summed E-state index contributed by atoms with van der Waals surface area (Å²) in [5.41, 5.74) is 0.532. The average Bonchev–Trinajstić information content (AvgIpc) is 3.31. The summed E-state index contributed by atoms with van der Waals surface area (Å²) in [5, 5.41) is 0. The molecular formula is C17H16O3. The zero-order valence-electron chi connectivity index (χ0n) is 11.1. The second-order valence-electron chi connectivity index (χ2n) is 4.96. The Kier molecular flexibility index (Phi) is 3.68. The minimum atomic E-state index is -0.368. The Labute approximate surface area is 118 Å². The monoisotopic (exact) mass is 268 g/mol. The Bertz CT molecular complexity index is 588. The number of ether oxygens (including phenoxy) is 2. The van der Waals surface area contributed by atoms with E-state index in [1.807, 2.05) is 36.4 Å². The lowest BCUT2D eigenvalue weighted by Gasteiger charge is -2.11. The van der Waals surface area contributed by atoms with Gasteiger partial charge in [0.2, 0.25) is 0 Å². The van der Waals surface area contributed by atoms with E-state index in [2.05, 4.69) is 0 Å². The minimum absolute atomic E-state index is 0.368. The minimum Gasteiger partial charge on any atom is -0.489 e. The molecule has 3 nitrogen and oxygen atoms in total. The molecule has 1 aliphatic carbocycles. The molecular weight excluding hydrogens is 252 g/mol. The van der Waals surface area contributed by atoms with Crippen molar-refractivity contribution in [1.29, 1.82) is 0 Å². The number of hydrogen-bond acceptors (Lipinski definition) is 3. The summed E-state index contributed by atoms with van der Waals surface area (Å²) in [4.78, 5) is 12.0. The Morgan fingerprint density at radius 3 is 2.30 bits per heavy atom. The molecule has 102 valence electrons. The van der Waals surface area contributed by atoms with Crippen LogP contribution < -0.4 is 9.47 Å². The van der Waals surface area contributed by atoms with Crippen LogP contribution in [0.3, 0.4) is 0 Å². The highest BCUT2D eigenvalue weighted by atomic mass is 16.6. The van der Waals surface area contributed by atoms with Crippen molar-refractivity contribution in [3.05, 3.63) is 60.2 Å². The molecule has 0 aliphatic heterocycles. The molecule has 2 aromatic rings. The third-order valence-corrected chi connectivity index (χ3v) is 3.23. The van der Waals surface area contributed by atoms with Crippen LogP contribution in [0.25, 0.3) is 0 Å². The zero-order chi connectivity index (χ0) is 13.8. The first-order valence-corrected chi connectivity index (χ1v) is 6.82. The summed E-state index contributed by atoms with van der Waals surface area (Å²) >= 11 is 0. The van der Waals surface area contributed by atoms with Crippen molar-refractivity contribution in [1.82, 2.24) is 0 Å². The van der Waals surface area contributed by atoms with Gasteiger partial charge in [0.05, 0.1) is 12.2 Å². The van der Waals surface area contributed by atoms with Gasteiger partial charge in [0.15, 0.2) is 11.5 Å². The first kappa shape index (κ1) is 12.7. The van der Waals surface area contributed by atoms with E-state index in [4.69, 9.17) is 9.47 Å². The van der Waals surface area contributed by atoms with Gasteiger partial charge in [-0.2, -0.15) is 0 Å². The molecule has 0 saturated heterocycles. The van der Waals surface area contributed by atoms with Crippen LogP contribution in [-0.4, -0.2) is 12.6 Å². The van der Waals surface area contributed by atoms with Crippen molar-refractivity contribution in [3.8, 4) is 11.5 Å². The molecule has 1 aliphatic rings. The van der Waals surface area contributed by atoms with Crippen molar-refractivity contribution < 1.29 is 14.3 Å². The highest BCUT2D eigenvalue weighted by molar-refractivity contribution is 5.91. The molecule has 1 fully saturated rings. The van der Waals surface area contributed by atoms with Crippen LogP contribution >= 0.6 is 0 Å². The SMILES string of the molecule is O=C(Oc1ccccc1OCC1CC1)c1ccccc1. The topological polar surface area (TPSA) is 35.5 Å². The van der Waals surface area contributed by atoms with Crippen molar-refractivity contribution in [2.24, 2.45) is 5.92 Å². The molecule has 2 aromatic carbocycles. The Hall–Kier alpha value is -2.29. The standard InChI is InChI=1S/C17H16O3/c18-17(14-6-2-1-3-7-14)20-16-9-5-4-8-15(16)19-12-13-10-11-13/h1-9,13H,10-12H2. The molecule has 20 heavy (non-hydrogen) atoms. The summed E-state index contributed by atoms with van der Waals surface area (Å²) in [6.45, 7) is 0.694. The van der Waals surface area contributed by atoms with E-state index >= 15 is 0 Å². The number of benzene rings is 2. The summed E-state index contributed by atoms with van der Waals surface area (Å²) in [5.74, 6) is 1.40. The molecule has 0 atom stereocenters. The summed E-state index contributed by atoms with van der Waals surface area (Å²) in [7, 11) is 0. The Balaban J connectivity index is 1.71. The molecule has 3 rings (SSSR count). The number of hydrogen-bond donors (Lipinski definition) is 0. The van der Waals surface area contributed by atoms with Crippen LogP contribution in [0.5, 0.6) is 11.5 Å². The molecule has 0 spiro atoms. The molecule has 0 amide bonds. The predicted octanol–water partition coefficient (Wildman–Crippen LogP) is 3.69. The van der Waals surface area contributed by atoms with Crippen LogP contribution in [0.2, 0.25) is 0 Å². The molecule has 0 heterocycles. The molecule has 1 saturated carbocycles. The fourth-order valence-electron chi connectivity index (χ4n) is 1.88. The maximum absolute atomic E-state index is 12.0. The number of carbonyl (C=O) groups excluding carboxylic acids is 1. The normalized spacial score (nSPS) is 13.8. The first-order chi connectivity index (χ1) is 9.83. The summed E-state index contributed by atoms with van der Waals surface area (Å²) < 4.78 is 11.1. The molecule has 0 N–H and O–H groups in total. The van der Waals surface area contributed by atoms with Gasteiger partial charge >= 0.3 is 5.97 Å². The smallest absolute Gasteiger partial charge is 0.343 e. The molecule has 0 aromatic heterocycles. The van der Waals surface area contributed by atoms with E-state index in [0.717, 1.165) is 0 Å². The Morgan fingerprint density at radius 2 is 1.60 bits per heavy atom. The highest BCUT2D eigenvalue weighted by Gasteiger charge is 2.22. The van der Waals surface area contributed by atoms with Crippen LogP contribution in [0.4, 0.5) is 0 Å². The van der Waals surface area contributed by atoms with Crippen molar-refractivity contribution in [2.75, 3.05) is 6.61 Å². The van der Waals surface area contributed by atoms with Gasteiger partial charge in [-0.3, -0.25) is 0 Å². The maximum Gasteiger partial charge on any atom is 0.343 e. The van der Waals surface area contributed by atoms with Crippen LogP contribution in [0.15, 0.2) is 54.6 Å². The summed E-state index contributed by atoms with van der Waals surface area (Å²) in [6, 6.07) is 16.2. The molecule has 0 bridgehead atoms. The van der Waals surface area contributed by atoms with E-state index in [1.54, 1.807) is 18.2 Å². The fraction of sp³-hybridized carbons (Fsp3) is 0.235. The lowest BCUT2D eigenvalue weighted by atomic mass is 10.2. The van der Waals surface area contributed by atoms with Gasteiger partial charge in [-0.25, -0.2) is 4.79 Å². The molecule has 3 heteroatoms. The average molecular weight is 268 g/mol. The number of esters is 1. The van der Waals surface area contributed by atoms with Crippen LogP contribution in [0.1, 0.15) is 23.2 Å². The van der Waals surface area contributed by atoms with Gasteiger partial charge in [-0.1, -0.05) is 30.3 Å². The van der Waals surface area contributed by atoms with Gasteiger partial charge in [-0.05, 0) is 43.0 Å². The van der Waals surface area contributed by atoms with Crippen LogP contribution in [-0.2, 0) is 0 Å². The fourth-order valence-corrected chi connectivity index (χ4v) is 1.88. The van der Waals surface area contributed by atoms with E-state index < -0.39 is 0 Å². The quantitative estimate of drug-likeness (QED) is 0.612. The van der Waals surface area contributed by atoms with Crippen molar-refractivity contribution in [2.45, 2.75) is 12.8 Å². The lowest BCUT2D eigenvalue weighted by Crippen LogP contribution is -2.09. The van der Waals surface area contributed by atoms with Gasteiger partial charge in [0.1, 0.15) is 0 Å². The van der Waals surface area contributed by atoms with Crippen molar-refractivity contribution >= 4 is 5.97 Å². The van der Waals surface area contributed by atoms with Crippen LogP contribution in [0, 0.1) is 5.92 Å². The first-order valence-electron chi connectivity index (χ1n) is 6.82. The largest absolute Gasteiger partial charge is 0.489 e. The third-order valence-electron chi connectivity index (χ3n) is 3.23. The highest BCUT2D eigenvalue weighted by Crippen LogP contribution is 2.32. The van der Waals surface area contributed by atoms with Gasteiger partial charge in [-0.15, -0.1) is 0 Å². The Morgan fingerprint density at radius 1 is 0.950 bits per heavy atom. The number of para-hydroxylation sites is 2.